The summed E-state index contributed by atoms with van der Waals surface area (Å²) in [6.45, 7) is 2.31. The normalized spacial score (nSPS) is 11.2. The number of halogens is 1. The van der Waals surface area contributed by atoms with Crippen molar-refractivity contribution in [2.75, 3.05) is 6.54 Å². The number of hydrogen-bond acceptors (Lipinski definition) is 5. The van der Waals surface area contributed by atoms with Crippen LogP contribution < -0.4 is 17.0 Å². The Morgan fingerprint density at radius 3 is 2.36 bits per heavy atom. The number of nitrogens with one attached hydrogen (secondary N) is 3. The molecule has 10 nitrogen and oxygen atoms in total. The first-order valence-corrected chi connectivity index (χ1v) is 12.6. The van der Waals surface area contributed by atoms with E-state index in [9.17, 15) is 9.59 Å². The molecular formula is C28H25ClN6O4. The third-order valence-electron chi connectivity index (χ3n) is 6.24. The van der Waals surface area contributed by atoms with E-state index in [1.54, 1.807) is 12.1 Å². The monoisotopic (exact) mass is 544 g/mol. The number of nitrogens with two attached hydrogens (primary N) is 1. The van der Waals surface area contributed by atoms with Gasteiger partial charge in [0.15, 0.2) is 0 Å². The molecule has 0 fully saturated rings. The fraction of sp³-hybridized carbons (Fsp3) is 0.143. The SMILES string of the molecule is CC(=O)O.NCCCn1c(-c2ccc(Cl)cc2)c(-c2nc3cc4[nH]c(=O)[nH]c4cc3[nH]c2=O)c2ccccc21. The van der Waals surface area contributed by atoms with Crippen LogP contribution in [0.15, 0.2) is 70.3 Å². The molecule has 0 atom stereocenters. The van der Waals surface area contributed by atoms with Crippen molar-refractivity contribution in [1.29, 1.82) is 0 Å². The number of hydrogen-bond donors (Lipinski definition) is 5. The highest BCUT2D eigenvalue weighted by Crippen LogP contribution is 2.40. The van der Waals surface area contributed by atoms with Crippen molar-refractivity contribution < 1.29 is 9.90 Å². The largest absolute Gasteiger partial charge is 0.481 e. The van der Waals surface area contributed by atoms with Gasteiger partial charge in [0.2, 0.25) is 0 Å². The minimum atomic E-state index is -0.833. The van der Waals surface area contributed by atoms with E-state index in [1.165, 1.54) is 0 Å². The predicted molar refractivity (Wildman–Crippen MR) is 153 cm³/mol. The number of carbonyl (C=O) groups is 1. The number of H-pyrrole nitrogens is 3. The zero-order valence-corrected chi connectivity index (χ0v) is 21.7. The van der Waals surface area contributed by atoms with Gasteiger partial charge in [-0.2, -0.15) is 0 Å². The molecule has 6 N–H and O–H groups in total. The molecule has 0 aliphatic rings. The molecule has 11 heteroatoms. The van der Waals surface area contributed by atoms with E-state index in [0.29, 0.717) is 45.9 Å². The number of benzene rings is 3. The van der Waals surface area contributed by atoms with Crippen molar-refractivity contribution in [1.82, 2.24) is 24.5 Å². The number of carboxylic acids is 1. The van der Waals surface area contributed by atoms with Crippen LogP contribution in [0.3, 0.4) is 0 Å². The van der Waals surface area contributed by atoms with Gasteiger partial charge < -0.3 is 30.4 Å². The van der Waals surface area contributed by atoms with Crippen LogP contribution in [0, 0.1) is 0 Å². The third-order valence-corrected chi connectivity index (χ3v) is 6.49. The quantitative estimate of drug-likeness (QED) is 0.215. The van der Waals surface area contributed by atoms with Crippen molar-refractivity contribution in [2.45, 2.75) is 19.9 Å². The minimum Gasteiger partial charge on any atom is -0.481 e. The molecule has 3 aromatic carbocycles. The van der Waals surface area contributed by atoms with E-state index in [-0.39, 0.29) is 11.2 Å². The zero-order chi connectivity index (χ0) is 27.7. The molecule has 3 heterocycles. The standard InChI is InChI=1S/C26H21ClN6O2.C2H4O2/c27-15-8-6-14(7-9-15)24-22(16-4-1-2-5-21(16)33(24)11-3-10-28)23-25(34)30-18-13-20-19(12-17(18)29-23)31-26(35)32-20;1-2(3)4/h1-2,4-9,12-13H,3,10-11,28H2,(H,30,34)(H2,31,32,35);1H3,(H,3,4). The summed E-state index contributed by atoms with van der Waals surface area (Å²) >= 11 is 6.18. The van der Waals surface area contributed by atoms with Crippen LogP contribution in [0.1, 0.15) is 13.3 Å². The number of nitrogens with zero attached hydrogens (tertiary/aromatic N) is 2. The first-order chi connectivity index (χ1) is 18.8. The molecule has 3 aromatic heterocycles. The molecule has 0 amide bonds. The van der Waals surface area contributed by atoms with Crippen molar-refractivity contribution in [3.63, 3.8) is 0 Å². The summed E-state index contributed by atoms with van der Waals surface area (Å²) in [5, 5.41) is 8.97. The topological polar surface area (TPSA) is 163 Å². The van der Waals surface area contributed by atoms with E-state index < -0.39 is 5.97 Å². The molecule has 0 aliphatic heterocycles. The number of carboxylic acid groups (broad SMARTS) is 1. The van der Waals surface area contributed by atoms with Crippen molar-refractivity contribution in [3.05, 3.63) is 86.5 Å². The smallest absolute Gasteiger partial charge is 0.323 e. The van der Waals surface area contributed by atoms with Crippen molar-refractivity contribution >= 4 is 50.5 Å². The van der Waals surface area contributed by atoms with Crippen LogP contribution in [-0.2, 0) is 11.3 Å². The molecule has 39 heavy (non-hydrogen) atoms. The lowest BCUT2D eigenvalue weighted by Gasteiger charge is -2.13. The number of imidazole rings is 1. The van der Waals surface area contributed by atoms with Crippen molar-refractivity contribution in [2.24, 2.45) is 5.73 Å². The van der Waals surface area contributed by atoms with Crippen LogP contribution in [-0.4, -0.2) is 42.1 Å². The Morgan fingerprint density at radius 1 is 1.00 bits per heavy atom. The Hall–Kier alpha value is -4.67. The Kier molecular flexibility index (Phi) is 7.05. The van der Waals surface area contributed by atoms with E-state index in [1.807, 2.05) is 48.5 Å². The van der Waals surface area contributed by atoms with Gasteiger partial charge in [0.1, 0.15) is 5.69 Å². The molecule has 6 rings (SSSR count). The lowest BCUT2D eigenvalue weighted by Crippen LogP contribution is -2.12. The number of para-hydroxylation sites is 1. The second-order valence-electron chi connectivity index (χ2n) is 8.97. The number of fused-ring (bicyclic) bond motifs is 3. The van der Waals surface area contributed by atoms with E-state index >= 15 is 0 Å². The maximum Gasteiger partial charge on any atom is 0.323 e. The van der Waals surface area contributed by atoms with Crippen LogP contribution in [0.4, 0.5) is 0 Å². The van der Waals surface area contributed by atoms with Gasteiger partial charge >= 0.3 is 5.69 Å². The number of aromatic nitrogens is 5. The Balaban J connectivity index is 0.000000723. The maximum absolute atomic E-state index is 13.4. The Morgan fingerprint density at radius 2 is 1.67 bits per heavy atom. The van der Waals surface area contributed by atoms with E-state index in [2.05, 4.69) is 19.5 Å². The Bertz CT molecular complexity index is 1950. The lowest BCUT2D eigenvalue weighted by molar-refractivity contribution is -0.134. The van der Waals surface area contributed by atoms with Crippen LogP contribution >= 0.6 is 11.6 Å². The summed E-state index contributed by atoms with van der Waals surface area (Å²) in [5.74, 6) is -0.833. The van der Waals surface area contributed by atoms with E-state index in [4.69, 9.17) is 32.2 Å². The molecular weight excluding hydrogens is 520 g/mol. The van der Waals surface area contributed by atoms with Gasteiger partial charge in [0.05, 0.1) is 27.8 Å². The fourth-order valence-electron chi connectivity index (χ4n) is 4.72. The number of aryl methyl sites for hydroxylation is 1. The van der Waals surface area contributed by atoms with Gasteiger partial charge in [-0.15, -0.1) is 0 Å². The summed E-state index contributed by atoms with van der Waals surface area (Å²) in [6.07, 6.45) is 0.777. The van der Waals surface area contributed by atoms with Gasteiger partial charge in [0, 0.05) is 35.0 Å². The zero-order valence-electron chi connectivity index (χ0n) is 20.9. The highest BCUT2D eigenvalue weighted by molar-refractivity contribution is 6.30. The summed E-state index contributed by atoms with van der Waals surface area (Å²) in [5.41, 5.74) is 11.4. The first-order valence-electron chi connectivity index (χ1n) is 12.2. The number of rotatable bonds is 5. The highest BCUT2D eigenvalue weighted by Gasteiger charge is 2.23. The van der Waals surface area contributed by atoms with E-state index in [0.717, 1.165) is 41.1 Å². The predicted octanol–water partition coefficient (Wildman–Crippen LogP) is 4.47. The molecule has 0 saturated heterocycles. The lowest BCUT2D eigenvalue weighted by atomic mass is 10.0. The highest BCUT2D eigenvalue weighted by atomic mass is 35.5. The summed E-state index contributed by atoms with van der Waals surface area (Å²) < 4.78 is 2.19. The number of aliphatic carboxylic acids is 1. The van der Waals surface area contributed by atoms with Gasteiger partial charge in [0.25, 0.3) is 11.5 Å². The first kappa shape index (κ1) is 26.0. The average Bonchev–Trinajstić information content (AvgIpc) is 3.42. The third kappa shape index (κ3) is 5.07. The van der Waals surface area contributed by atoms with Crippen LogP contribution in [0.2, 0.25) is 5.02 Å². The fourth-order valence-corrected chi connectivity index (χ4v) is 4.84. The Labute approximate surface area is 226 Å². The van der Waals surface area contributed by atoms with Crippen LogP contribution in [0.25, 0.3) is 55.5 Å². The summed E-state index contributed by atoms with van der Waals surface area (Å²) in [7, 11) is 0. The van der Waals surface area contributed by atoms with Gasteiger partial charge in [-0.1, -0.05) is 41.9 Å². The summed E-state index contributed by atoms with van der Waals surface area (Å²) in [6, 6.07) is 19.0. The average molecular weight is 545 g/mol. The molecule has 198 valence electrons. The minimum absolute atomic E-state index is 0.308. The van der Waals surface area contributed by atoms with Gasteiger partial charge in [-0.05, 0) is 48.9 Å². The molecule has 0 saturated carbocycles. The van der Waals surface area contributed by atoms with Gasteiger partial charge in [-0.25, -0.2) is 9.78 Å². The second kappa shape index (κ2) is 10.6. The molecule has 0 unspecified atom stereocenters. The maximum atomic E-state index is 13.4. The van der Waals surface area contributed by atoms with Crippen molar-refractivity contribution in [3.8, 4) is 22.5 Å². The molecule has 0 aliphatic carbocycles. The molecule has 6 aromatic rings. The van der Waals surface area contributed by atoms with Crippen LogP contribution in [0.5, 0.6) is 0 Å². The number of aromatic amines is 3. The molecule has 0 bridgehead atoms. The summed E-state index contributed by atoms with van der Waals surface area (Å²) in [4.78, 5) is 47.4. The molecule has 0 radical (unpaired) electrons. The van der Waals surface area contributed by atoms with Gasteiger partial charge in [-0.3, -0.25) is 9.59 Å². The molecule has 0 spiro atoms. The second-order valence-corrected chi connectivity index (χ2v) is 9.41.